The lowest BCUT2D eigenvalue weighted by Gasteiger charge is -2.34. The average Bonchev–Trinajstić information content (AvgIpc) is 3.57. The van der Waals surface area contributed by atoms with E-state index in [-0.39, 0.29) is 41.7 Å². The van der Waals surface area contributed by atoms with Gasteiger partial charge in [0.25, 0.3) is 17.6 Å². The van der Waals surface area contributed by atoms with E-state index in [2.05, 4.69) is 20.2 Å². The van der Waals surface area contributed by atoms with Gasteiger partial charge in [0.2, 0.25) is 0 Å². The molecule has 9 nitrogen and oxygen atoms in total. The summed E-state index contributed by atoms with van der Waals surface area (Å²) in [6.07, 6.45) is 1.32. The van der Waals surface area contributed by atoms with Gasteiger partial charge in [0.1, 0.15) is 11.6 Å². The maximum absolute atomic E-state index is 14.8. The van der Waals surface area contributed by atoms with E-state index in [0.717, 1.165) is 0 Å². The molecular formula is C24H20ClFN6O3. The Morgan fingerprint density at radius 2 is 1.71 bits per heavy atom. The second-order valence-corrected chi connectivity index (χ2v) is 8.33. The molecule has 3 heterocycles. The van der Waals surface area contributed by atoms with Crippen LogP contribution >= 0.6 is 11.6 Å². The Morgan fingerprint density at radius 1 is 1.00 bits per heavy atom. The molecule has 11 heteroatoms. The first-order valence-corrected chi connectivity index (χ1v) is 11.5. The van der Waals surface area contributed by atoms with E-state index in [9.17, 15) is 18.8 Å². The summed E-state index contributed by atoms with van der Waals surface area (Å²) >= 11 is 5.77. The molecule has 4 aromatic rings. The third-order valence-corrected chi connectivity index (χ3v) is 6.25. The van der Waals surface area contributed by atoms with E-state index < -0.39 is 17.5 Å². The van der Waals surface area contributed by atoms with Gasteiger partial charge < -0.3 is 14.8 Å². The van der Waals surface area contributed by atoms with Gasteiger partial charge in [-0.2, -0.15) is 5.10 Å². The van der Waals surface area contributed by atoms with Crippen molar-refractivity contribution in [2.45, 2.75) is 5.88 Å². The number of amides is 2. The summed E-state index contributed by atoms with van der Waals surface area (Å²) in [5.41, 5.74) is 1.27. The van der Waals surface area contributed by atoms with E-state index >= 15 is 0 Å². The van der Waals surface area contributed by atoms with Crippen LogP contribution in [0, 0.1) is 5.82 Å². The lowest BCUT2D eigenvalue weighted by atomic mass is 10.0. The van der Waals surface area contributed by atoms with Crippen molar-refractivity contribution >= 4 is 40.1 Å². The molecule has 2 aromatic carbocycles. The lowest BCUT2D eigenvalue weighted by molar-refractivity contribution is -0.127. The van der Waals surface area contributed by atoms with Gasteiger partial charge in [0.05, 0.1) is 17.0 Å². The fraction of sp³-hybridized carbons (Fsp3) is 0.208. The van der Waals surface area contributed by atoms with Crippen molar-refractivity contribution in [1.82, 2.24) is 30.0 Å². The standard InChI is InChI=1S/C24H20ClFN6O3/c25-12-18-28-22(30-29-18)15-6-7-17(26)19-16(13-27-20(15)19)21(33)24(35)32-10-8-31(9-11-32)23(34)14-4-2-1-3-5-14/h1-7,13,27H,8-12H2,(H,28,29,30). The van der Waals surface area contributed by atoms with Gasteiger partial charge in [-0.05, 0) is 24.3 Å². The van der Waals surface area contributed by atoms with Crippen molar-refractivity contribution in [3.05, 3.63) is 71.4 Å². The molecule has 178 valence electrons. The van der Waals surface area contributed by atoms with Crippen LogP contribution in [0.25, 0.3) is 22.3 Å². The molecule has 2 amide bonds. The number of benzene rings is 2. The van der Waals surface area contributed by atoms with Gasteiger partial charge >= 0.3 is 0 Å². The highest BCUT2D eigenvalue weighted by molar-refractivity contribution is 6.45. The number of ketones is 1. The molecule has 0 unspecified atom stereocenters. The molecule has 0 aliphatic carbocycles. The number of Topliss-reactive ketones (excluding diaryl/α,β-unsaturated/α-hetero) is 1. The van der Waals surface area contributed by atoms with Crippen molar-refractivity contribution in [1.29, 1.82) is 0 Å². The van der Waals surface area contributed by atoms with Crippen LogP contribution in [0.2, 0.25) is 0 Å². The summed E-state index contributed by atoms with van der Waals surface area (Å²) in [4.78, 5) is 48.9. The topological polar surface area (TPSA) is 115 Å². The number of nitrogens with one attached hydrogen (secondary N) is 2. The highest BCUT2D eigenvalue weighted by Gasteiger charge is 2.31. The number of carbonyl (C=O) groups excluding carboxylic acids is 3. The first-order chi connectivity index (χ1) is 17.0. The van der Waals surface area contributed by atoms with E-state index in [1.807, 2.05) is 6.07 Å². The number of aromatic nitrogens is 4. The first-order valence-electron chi connectivity index (χ1n) is 10.9. The number of rotatable bonds is 5. The molecule has 2 N–H and O–H groups in total. The van der Waals surface area contributed by atoms with Crippen LogP contribution in [-0.4, -0.2) is 73.7 Å². The van der Waals surface area contributed by atoms with E-state index in [1.54, 1.807) is 29.2 Å². The van der Waals surface area contributed by atoms with E-state index in [1.165, 1.54) is 23.2 Å². The van der Waals surface area contributed by atoms with Gasteiger partial charge in [-0.25, -0.2) is 9.37 Å². The van der Waals surface area contributed by atoms with Crippen LogP contribution < -0.4 is 0 Å². The predicted octanol–water partition coefficient (Wildman–Crippen LogP) is 3.00. The van der Waals surface area contributed by atoms with E-state index in [0.29, 0.717) is 35.6 Å². The van der Waals surface area contributed by atoms with Crippen molar-refractivity contribution < 1.29 is 18.8 Å². The number of fused-ring (bicyclic) bond motifs is 1. The fourth-order valence-electron chi connectivity index (χ4n) is 4.18. The minimum absolute atomic E-state index is 0.00374. The minimum Gasteiger partial charge on any atom is -0.360 e. The number of halogens is 2. The summed E-state index contributed by atoms with van der Waals surface area (Å²) < 4.78 is 14.8. The Labute approximate surface area is 203 Å². The number of hydrogen-bond donors (Lipinski definition) is 2. The highest BCUT2D eigenvalue weighted by Crippen LogP contribution is 2.31. The molecule has 1 saturated heterocycles. The average molecular weight is 495 g/mol. The SMILES string of the molecule is O=C(C(=O)N1CCN(C(=O)c2ccccc2)CC1)c1c[nH]c2c(-c3n[nH]c(CCl)n3)ccc(F)c12. The summed E-state index contributed by atoms with van der Waals surface area (Å²) in [6, 6.07) is 11.6. The fourth-order valence-corrected chi connectivity index (χ4v) is 4.30. The molecule has 5 rings (SSSR count). The largest absolute Gasteiger partial charge is 0.360 e. The lowest BCUT2D eigenvalue weighted by Crippen LogP contribution is -2.52. The molecule has 2 aromatic heterocycles. The monoisotopic (exact) mass is 494 g/mol. The normalized spacial score (nSPS) is 13.9. The highest BCUT2D eigenvalue weighted by atomic mass is 35.5. The third kappa shape index (κ3) is 4.17. The summed E-state index contributed by atoms with van der Waals surface area (Å²) in [5, 5.41) is 6.77. The van der Waals surface area contributed by atoms with Gasteiger partial charge in [-0.3, -0.25) is 19.5 Å². The summed E-state index contributed by atoms with van der Waals surface area (Å²) in [6.45, 7) is 1.01. The molecule has 35 heavy (non-hydrogen) atoms. The molecule has 1 aliphatic heterocycles. The zero-order valence-corrected chi connectivity index (χ0v) is 19.2. The number of alkyl halides is 1. The summed E-state index contributed by atoms with van der Waals surface area (Å²) in [5.74, 6) is -1.48. The maximum Gasteiger partial charge on any atom is 0.295 e. The number of hydrogen-bond acceptors (Lipinski definition) is 5. The molecule has 0 atom stereocenters. The second-order valence-electron chi connectivity index (χ2n) is 8.07. The van der Waals surface area contributed by atoms with Gasteiger partial charge in [0.15, 0.2) is 5.82 Å². The molecular weight excluding hydrogens is 475 g/mol. The van der Waals surface area contributed by atoms with Crippen molar-refractivity contribution in [2.75, 3.05) is 26.2 Å². The quantitative estimate of drug-likeness (QED) is 0.251. The Morgan fingerprint density at radius 3 is 2.40 bits per heavy atom. The molecule has 1 fully saturated rings. The Bertz CT molecular complexity index is 1430. The van der Waals surface area contributed by atoms with Crippen LogP contribution in [0.4, 0.5) is 4.39 Å². The molecule has 0 saturated carbocycles. The number of piperazine rings is 1. The van der Waals surface area contributed by atoms with Crippen molar-refractivity contribution in [3.63, 3.8) is 0 Å². The number of carbonyl (C=O) groups is 3. The molecule has 1 aliphatic rings. The zero-order valence-electron chi connectivity index (χ0n) is 18.4. The van der Waals surface area contributed by atoms with Crippen LogP contribution in [0.3, 0.4) is 0 Å². The van der Waals surface area contributed by atoms with Crippen molar-refractivity contribution in [2.24, 2.45) is 0 Å². The number of aromatic amines is 2. The van der Waals surface area contributed by atoms with Gasteiger partial charge in [0, 0.05) is 48.9 Å². The predicted molar refractivity (Wildman–Crippen MR) is 126 cm³/mol. The summed E-state index contributed by atoms with van der Waals surface area (Å²) in [7, 11) is 0. The van der Waals surface area contributed by atoms with Crippen molar-refractivity contribution in [3.8, 4) is 11.4 Å². The van der Waals surface area contributed by atoms with Crippen LogP contribution in [0.1, 0.15) is 26.5 Å². The molecule has 0 spiro atoms. The minimum atomic E-state index is -0.827. The number of H-pyrrole nitrogens is 2. The zero-order chi connectivity index (χ0) is 24.5. The van der Waals surface area contributed by atoms with Crippen LogP contribution in [-0.2, 0) is 10.7 Å². The van der Waals surface area contributed by atoms with Gasteiger partial charge in [-0.1, -0.05) is 18.2 Å². The first kappa shape index (κ1) is 22.7. The third-order valence-electron chi connectivity index (χ3n) is 6.00. The molecule has 0 radical (unpaired) electrons. The van der Waals surface area contributed by atoms with Gasteiger partial charge in [-0.15, -0.1) is 11.6 Å². The smallest absolute Gasteiger partial charge is 0.295 e. The van der Waals surface area contributed by atoms with Crippen LogP contribution in [0.15, 0.2) is 48.7 Å². The number of nitrogens with zero attached hydrogens (tertiary/aromatic N) is 4. The maximum atomic E-state index is 14.8. The second kappa shape index (κ2) is 9.30. The Hall–Kier alpha value is -4.05. The van der Waals surface area contributed by atoms with Crippen LogP contribution in [0.5, 0.6) is 0 Å². The Balaban J connectivity index is 1.35. The van der Waals surface area contributed by atoms with E-state index in [4.69, 9.17) is 11.6 Å². The Kier molecular flexibility index (Phi) is 6.04. The molecule has 0 bridgehead atoms.